The highest BCUT2D eigenvalue weighted by Crippen LogP contribution is 2.21. The molecule has 0 aliphatic rings. The van der Waals surface area contributed by atoms with E-state index in [1.54, 1.807) is 24.1 Å². The van der Waals surface area contributed by atoms with Gasteiger partial charge in [-0.05, 0) is 19.1 Å². The lowest BCUT2D eigenvalue weighted by atomic mass is 10.3. The summed E-state index contributed by atoms with van der Waals surface area (Å²) in [6.45, 7) is 2.55. The van der Waals surface area contributed by atoms with Gasteiger partial charge in [-0.2, -0.15) is 0 Å². The molecule has 0 aliphatic heterocycles. The highest BCUT2D eigenvalue weighted by molar-refractivity contribution is 6.31. The number of carbonyl (C=O) groups is 1. The highest BCUT2D eigenvalue weighted by atomic mass is 35.5. The summed E-state index contributed by atoms with van der Waals surface area (Å²) in [5.74, 6) is -0.627. The fourth-order valence-electron chi connectivity index (χ4n) is 1.12. The molecular weight excluding hydrogens is 231 g/mol. The van der Waals surface area contributed by atoms with Gasteiger partial charge in [0.15, 0.2) is 5.82 Å². The van der Waals surface area contributed by atoms with Crippen LogP contribution in [0.5, 0.6) is 0 Å². The zero-order valence-corrected chi connectivity index (χ0v) is 10.0. The van der Waals surface area contributed by atoms with Crippen molar-refractivity contribution in [3.05, 3.63) is 29.0 Å². The maximum absolute atomic E-state index is 13.4. The molecule has 1 aromatic rings. The van der Waals surface area contributed by atoms with Crippen LogP contribution in [0.2, 0.25) is 5.02 Å². The van der Waals surface area contributed by atoms with Crippen LogP contribution in [-0.2, 0) is 4.79 Å². The lowest BCUT2D eigenvalue weighted by Crippen LogP contribution is -2.32. The van der Waals surface area contributed by atoms with Crippen molar-refractivity contribution in [2.75, 3.05) is 25.5 Å². The third-order valence-electron chi connectivity index (χ3n) is 2.28. The average Bonchev–Trinajstić information content (AvgIpc) is 2.29. The van der Waals surface area contributed by atoms with Gasteiger partial charge < -0.3 is 10.2 Å². The Morgan fingerprint density at radius 2 is 2.25 bits per heavy atom. The number of halogens is 2. The first-order valence-corrected chi connectivity index (χ1v) is 5.36. The van der Waals surface area contributed by atoms with Crippen LogP contribution in [0.4, 0.5) is 10.1 Å². The molecular formula is C11H14ClFN2O. The van der Waals surface area contributed by atoms with E-state index in [-0.39, 0.29) is 23.2 Å². The molecule has 1 amide bonds. The Bertz CT molecular complexity index is 384. The summed E-state index contributed by atoms with van der Waals surface area (Å²) >= 11 is 5.61. The first-order valence-electron chi connectivity index (χ1n) is 4.98. The number of anilines is 1. The Balaban J connectivity index is 2.61. The number of nitrogens with one attached hydrogen (secondary N) is 1. The molecule has 0 heterocycles. The van der Waals surface area contributed by atoms with Crippen LogP contribution in [-0.4, -0.2) is 30.9 Å². The van der Waals surface area contributed by atoms with E-state index in [4.69, 9.17) is 11.6 Å². The quantitative estimate of drug-likeness (QED) is 0.882. The SMILES string of the molecule is CCN(C)C(=O)CNc1cccc(Cl)c1F. The molecule has 0 saturated heterocycles. The van der Waals surface area contributed by atoms with Crippen LogP contribution in [0.15, 0.2) is 18.2 Å². The Morgan fingerprint density at radius 3 is 2.88 bits per heavy atom. The largest absolute Gasteiger partial charge is 0.374 e. The molecule has 0 aromatic heterocycles. The van der Waals surface area contributed by atoms with Crippen molar-refractivity contribution in [2.45, 2.75) is 6.92 Å². The van der Waals surface area contributed by atoms with E-state index in [2.05, 4.69) is 5.32 Å². The Kier molecular flexibility index (Phi) is 4.55. The molecule has 0 aliphatic carbocycles. The number of amides is 1. The van der Waals surface area contributed by atoms with E-state index in [1.165, 1.54) is 6.07 Å². The number of rotatable bonds is 4. The van der Waals surface area contributed by atoms with E-state index in [0.29, 0.717) is 6.54 Å². The summed E-state index contributed by atoms with van der Waals surface area (Å²) < 4.78 is 13.4. The molecule has 0 fully saturated rings. The molecule has 0 bridgehead atoms. The van der Waals surface area contributed by atoms with Gasteiger partial charge in [-0.1, -0.05) is 17.7 Å². The second-order valence-electron chi connectivity index (χ2n) is 3.36. The average molecular weight is 245 g/mol. The Labute approximate surface area is 99.2 Å². The first kappa shape index (κ1) is 12.8. The van der Waals surface area contributed by atoms with E-state index in [9.17, 15) is 9.18 Å². The number of likely N-dealkylation sites (N-methyl/N-ethyl adjacent to an activating group) is 1. The van der Waals surface area contributed by atoms with Gasteiger partial charge in [0, 0.05) is 13.6 Å². The van der Waals surface area contributed by atoms with Gasteiger partial charge in [0.05, 0.1) is 17.3 Å². The van der Waals surface area contributed by atoms with Crippen LogP contribution in [0, 0.1) is 5.82 Å². The molecule has 0 radical (unpaired) electrons. The zero-order chi connectivity index (χ0) is 12.1. The van der Waals surface area contributed by atoms with E-state index < -0.39 is 5.82 Å². The fraction of sp³-hybridized carbons (Fsp3) is 0.364. The van der Waals surface area contributed by atoms with Gasteiger partial charge >= 0.3 is 0 Å². The molecule has 0 saturated carbocycles. The maximum Gasteiger partial charge on any atom is 0.241 e. The minimum Gasteiger partial charge on any atom is -0.374 e. The number of carbonyl (C=O) groups excluding carboxylic acids is 1. The van der Waals surface area contributed by atoms with Gasteiger partial charge in [0.1, 0.15) is 0 Å². The van der Waals surface area contributed by atoms with E-state index >= 15 is 0 Å². The maximum atomic E-state index is 13.4. The van der Waals surface area contributed by atoms with Crippen LogP contribution < -0.4 is 5.32 Å². The molecule has 1 N–H and O–H groups in total. The Hall–Kier alpha value is -1.29. The van der Waals surface area contributed by atoms with Crippen LogP contribution in [0.25, 0.3) is 0 Å². The second-order valence-corrected chi connectivity index (χ2v) is 3.77. The van der Waals surface area contributed by atoms with Crippen LogP contribution in [0.3, 0.4) is 0 Å². The zero-order valence-electron chi connectivity index (χ0n) is 9.26. The van der Waals surface area contributed by atoms with Gasteiger partial charge in [0.2, 0.25) is 5.91 Å². The molecule has 5 heteroatoms. The third-order valence-corrected chi connectivity index (χ3v) is 2.57. The predicted octanol–water partition coefficient (Wildman–Crippen LogP) is 2.37. The van der Waals surface area contributed by atoms with Crippen molar-refractivity contribution in [1.82, 2.24) is 4.90 Å². The molecule has 16 heavy (non-hydrogen) atoms. The summed E-state index contributed by atoms with van der Waals surface area (Å²) in [6, 6.07) is 4.63. The highest BCUT2D eigenvalue weighted by Gasteiger charge is 2.09. The normalized spacial score (nSPS) is 10.0. The van der Waals surface area contributed by atoms with Crippen molar-refractivity contribution in [3.8, 4) is 0 Å². The van der Waals surface area contributed by atoms with Gasteiger partial charge in [0.25, 0.3) is 0 Å². The molecule has 0 atom stereocenters. The Morgan fingerprint density at radius 1 is 1.56 bits per heavy atom. The summed E-state index contributed by atoms with van der Waals surface area (Å²) in [5, 5.41) is 2.76. The van der Waals surface area contributed by atoms with Crippen LogP contribution in [0.1, 0.15) is 6.92 Å². The summed E-state index contributed by atoms with van der Waals surface area (Å²) in [4.78, 5) is 13.0. The number of hydrogen-bond acceptors (Lipinski definition) is 2. The lowest BCUT2D eigenvalue weighted by molar-refractivity contribution is -0.127. The molecule has 88 valence electrons. The van der Waals surface area contributed by atoms with Crippen molar-refractivity contribution in [2.24, 2.45) is 0 Å². The molecule has 0 unspecified atom stereocenters. The van der Waals surface area contributed by atoms with Gasteiger partial charge in [-0.25, -0.2) is 4.39 Å². The minimum atomic E-state index is -0.531. The first-order chi connectivity index (χ1) is 7.56. The van der Waals surface area contributed by atoms with Crippen LogP contribution >= 0.6 is 11.6 Å². The monoisotopic (exact) mass is 244 g/mol. The number of hydrogen-bond donors (Lipinski definition) is 1. The van der Waals surface area contributed by atoms with Gasteiger partial charge in [-0.15, -0.1) is 0 Å². The topological polar surface area (TPSA) is 32.3 Å². The van der Waals surface area contributed by atoms with E-state index in [1.807, 2.05) is 6.92 Å². The second kappa shape index (κ2) is 5.70. The molecule has 3 nitrogen and oxygen atoms in total. The molecule has 1 rings (SSSR count). The van der Waals surface area contributed by atoms with Gasteiger partial charge in [-0.3, -0.25) is 4.79 Å². The summed E-state index contributed by atoms with van der Waals surface area (Å²) in [6.07, 6.45) is 0. The minimum absolute atomic E-state index is 0.0429. The fourth-order valence-corrected chi connectivity index (χ4v) is 1.30. The van der Waals surface area contributed by atoms with E-state index in [0.717, 1.165) is 0 Å². The van der Waals surface area contributed by atoms with Crippen molar-refractivity contribution in [3.63, 3.8) is 0 Å². The number of benzene rings is 1. The standard InChI is InChI=1S/C11H14ClFN2O/c1-3-15(2)10(16)7-14-9-6-4-5-8(12)11(9)13/h4-6,14H,3,7H2,1-2H3. The summed E-state index contributed by atoms with van der Waals surface area (Å²) in [5.41, 5.74) is 0.241. The third kappa shape index (κ3) is 3.10. The molecule has 0 spiro atoms. The van der Waals surface area contributed by atoms with Crippen molar-refractivity contribution >= 4 is 23.2 Å². The molecule has 1 aromatic carbocycles. The van der Waals surface area contributed by atoms with Crippen molar-refractivity contribution < 1.29 is 9.18 Å². The smallest absolute Gasteiger partial charge is 0.241 e. The summed E-state index contributed by atoms with van der Waals surface area (Å²) in [7, 11) is 1.69. The van der Waals surface area contributed by atoms with Crippen molar-refractivity contribution in [1.29, 1.82) is 0 Å². The number of nitrogens with zero attached hydrogens (tertiary/aromatic N) is 1. The predicted molar refractivity (Wildman–Crippen MR) is 63.2 cm³/mol. The lowest BCUT2D eigenvalue weighted by Gasteiger charge is -2.15.